The van der Waals surface area contributed by atoms with E-state index in [1.807, 2.05) is 6.07 Å². The number of imidazole rings is 1. The van der Waals surface area contributed by atoms with Gasteiger partial charge in [0.1, 0.15) is 0 Å². The monoisotopic (exact) mass is 412 g/mol. The first-order valence-electron chi connectivity index (χ1n) is 10.9. The molecule has 31 heavy (non-hydrogen) atoms. The second-order valence-electron chi connectivity index (χ2n) is 8.38. The van der Waals surface area contributed by atoms with Crippen molar-refractivity contribution < 1.29 is 0 Å². The fourth-order valence-electron chi connectivity index (χ4n) is 4.71. The van der Waals surface area contributed by atoms with Crippen molar-refractivity contribution in [1.82, 2.24) is 19.4 Å². The molecule has 1 fully saturated rings. The van der Waals surface area contributed by atoms with Crippen molar-refractivity contribution in [3.8, 4) is 0 Å². The van der Waals surface area contributed by atoms with Gasteiger partial charge >= 0.3 is 5.69 Å². The number of rotatable bonds is 5. The van der Waals surface area contributed by atoms with Crippen LogP contribution in [0.25, 0.3) is 11.0 Å². The van der Waals surface area contributed by atoms with E-state index in [4.69, 9.17) is 0 Å². The van der Waals surface area contributed by atoms with Gasteiger partial charge in [-0.1, -0.05) is 66.7 Å². The Morgan fingerprint density at radius 1 is 0.839 bits per heavy atom. The molecule has 5 nitrogen and oxygen atoms in total. The van der Waals surface area contributed by atoms with Crippen LogP contribution in [0.1, 0.15) is 22.7 Å². The third kappa shape index (κ3) is 4.07. The number of hydrogen-bond donors (Lipinski definition) is 1. The summed E-state index contributed by atoms with van der Waals surface area (Å²) in [5, 5.41) is 0. The molecule has 0 aliphatic carbocycles. The van der Waals surface area contributed by atoms with Crippen LogP contribution in [0.15, 0.2) is 83.7 Å². The van der Waals surface area contributed by atoms with Crippen LogP contribution in [-0.2, 0) is 13.6 Å². The van der Waals surface area contributed by atoms with Gasteiger partial charge in [0.2, 0.25) is 0 Å². The van der Waals surface area contributed by atoms with Crippen LogP contribution in [-0.4, -0.2) is 45.5 Å². The van der Waals surface area contributed by atoms with Gasteiger partial charge in [0, 0.05) is 39.8 Å². The molecule has 0 unspecified atom stereocenters. The van der Waals surface area contributed by atoms with Gasteiger partial charge < -0.3 is 4.98 Å². The smallest absolute Gasteiger partial charge is 0.306 e. The Morgan fingerprint density at radius 2 is 1.45 bits per heavy atom. The van der Waals surface area contributed by atoms with Crippen LogP contribution >= 0.6 is 0 Å². The number of piperazine rings is 1. The molecule has 2 heterocycles. The number of benzene rings is 3. The average Bonchev–Trinajstić information content (AvgIpc) is 3.09. The first-order valence-corrected chi connectivity index (χ1v) is 10.9. The number of nitrogens with zero attached hydrogens (tertiary/aromatic N) is 3. The van der Waals surface area contributed by atoms with Crippen molar-refractivity contribution >= 4 is 11.0 Å². The highest BCUT2D eigenvalue weighted by Gasteiger charge is 2.26. The van der Waals surface area contributed by atoms with E-state index in [0.717, 1.165) is 43.8 Å². The molecule has 1 aliphatic rings. The molecule has 1 aromatic heterocycles. The number of aromatic nitrogens is 2. The summed E-state index contributed by atoms with van der Waals surface area (Å²) >= 11 is 0. The second kappa shape index (κ2) is 8.53. The van der Waals surface area contributed by atoms with Crippen molar-refractivity contribution in [2.24, 2.45) is 7.05 Å². The van der Waals surface area contributed by atoms with Gasteiger partial charge in [-0.25, -0.2) is 4.79 Å². The fourth-order valence-corrected chi connectivity index (χ4v) is 4.71. The molecule has 1 saturated heterocycles. The number of hydrogen-bond acceptors (Lipinski definition) is 3. The Kier molecular flexibility index (Phi) is 5.45. The number of aryl methyl sites for hydroxylation is 1. The first-order chi connectivity index (χ1) is 15.2. The van der Waals surface area contributed by atoms with Gasteiger partial charge in [-0.3, -0.25) is 14.4 Å². The minimum absolute atomic E-state index is 0.0615. The minimum atomic E-state index is -0.0615. The van der Waals surface area contributed by atoms with Crippen molar-refractivity contribution in [3.05, 3.63) is 106 Å². The summed E-state index contributed by atoms with van der Waals surface area (Å²) in [5.74, 6) is 0. The van der Waals surface area contributed by atoms with E-state index in [9.17, 15) is 4.79 Å². The van der Waals surface area contributed by atoms with E-state index >= 15 is 0 Å². The molecule has 0 atom stereocenters. The summed E-state index contributed by atoms with van der Waals surface area (Å²) in [5.41, 5.74) is 5.74. The summed E-state index contributed by atoms with van der Waals surface area (Å²) in [6, 6.07) is 28.2. The van der Waals surface area contributed by atoms with Crippen LogP contribution in [0.5, 0.6) is 0 Å². The standard InChI is InChI=1S/C26H28N4O/c1-28-24-13-12-20(18-23(24)27-26(28)31)19-29-14-16-30(17-15-29)25(21-8-4-2-5-9-21)22-10-6-3-7-11-22/h2-13,18,25H,14-17,19H2,1H3,(H,27,31). The van der Waals surface area contributed by atoms with Gasteiger partial charge in [0.25, 0.3) is 0 Å². The molecular formula is C26H28N4O. The molecule has 0 spiro atoms. The van der Waals surface area contributed by atoms with E-state index in [1.54, 1.807) is 11.6 Å². The lowest BCUT2D eigenvalue weighted by atomic mass is 9.96. The van der Waals surface area contributed by atoms with Crippen LogP contribution < -0.4 is 5.69 Å². The molecule has 0 amide bonds. The van der Waals surface area contributed by atoms with Gasteiger partial charge in [-0.15, -0.1) is 0 Å². The Morgan fingerprint density at radius 3 is 2.06 bits per heavy atom. The van der Waals surface area contributed by atoms with Gasteiger partial charge in [0.05, 0.1) is 17.1 Å². The quantitative estimate of drug-likeness (QED) is 0.543. The highest BCUT2D eigenvalue weighted by Crippen LogP contribution is 2.29. The molecular weight excluding hydrogens is 384 g/mol. The van der Waals surface area contributed by atoms with Crippen molar-refractivity contribution in [3.63, 3.8) is 0 Å². The van der Waals surface area contributed by atoms with E-state index in [1.165, 1.54) is 16.7 Å². The average molecular weight is 413 g/mol. The number of aromatic amines is 1. The normalized spacial score (nSPS) is 15.7. The van der Waals surface area contributed by atoms with Crippen LogP contribution in [0.4, 0.5) is 0 Å². The summed E-state index contributed by atoms with van der Waals surface area (Å²) in [4.78, 5) is 19.9. The highest BCUT2D eigenvalue weighted by atomic mass is 16.1. The fraction of sp³-hybridized carbons (Fsp3) is 0.269. The Hall–Kier alpha value is -3.15. The maximum absolute atomic E-state index is 11.9. The predicted octanol–water partition coefficient (Wildman–Crippen LogP) is 3.77. The van der Waals surface area contributed by atoms with Crippen LogP contribution in [0, 0.1) is 0 Å². The Bertz CT molecular complexity index is 1170. The first kappa shape index (κ1) is 19.8. The van der Waals surface area contributed by atoms with Crippen molar-refractivity contribution in [1.29, 1.82) is 0 Å². The lowest BCUT2D eigenvalue weighted by Crippen LogP contribution is -2.47. The highest BCUT2D eigenvalue weighted by molar-refractivity contribution is 5.75. The minimum Gasteiger partial charge on any atom is -0.306 e. The largest absolute Gasteiger partial charge is 0.326 e. The van der Waals surface area contributed by atoms with Crippen molar-refractivity contribution in [2.45, 2.75) is 12.6 Å². The molecule has 3 aromatic carbocycles. The SMILES string of the molecule is Cn1c(=O)[nH]c2cc(CN3CCN(C(c4ccccc4)c4ccccc4)CC3)ccc21. The molecule has 1 aliphatic heterocycles. The number of nitrogens with one attached hydrogen (secondary N) is 1. The van der Waals surface area contributed by atoms with Gasteiger partial charge in [-0.05, 0) is 28.8 Å². The lowest BCUT2D eigenvalue weighted by Gasteiger charge is -2.39. The summed E-state index contributed by atoms with van der Waals surface area (Å²) < 4.78 is 1.66. The molecule has 0 bridgehead atoms. The molecule has 1 N–H and O–H groups in total. The zero-order valence-electron chi connectivity index (χ0n) is 17.9. The van der Waals surface area contributed by atoms with E-state index < -0.39 is 0 Å². The van der Waals surface area contributed by atoms with Crippen molar-refractivity contribution in [2.75, 3.05) is 26.2 Å². The van der Waals surface area contributed by atoms with E-state index in [2.05, 4.69) is 87.6 Å². The van der Waals surface area contributed by atoms with Gasteiger partial charge in [0.15, 0.2) is 0 Å². The Labute approximate surface area is 182 Å². The predicted molar refractivity (Wildman–Crippen MR) is 125 cm³/mol. The molecule has 0 saturated carbocycles. The summed E-state index contributed by atoms with van der Waals surface area (Å²) in [6.07, 6.45) is 0. The lowest BCUT2D eigenvalue weighted by molar-refractivity contribution is 0.105. The third-order valence-electron chi connectivity index (χ3n) is 6.38. The number of fused-ring (bicyclic) bond motifs is 1. The molecule has 158 valence electrons. The number of H-pyrrole nitrogens is 1. The topological polar surface area (TPSA) is 44.3 Å². The molecule has 0 radical (unpaired) electrons. The van der Waals surface area contributed by atoms with Crippen LogP contribution in [0.2, 0.25) is 0 Å². The molecule has 5 rings (SSSR count). The van der Waals surface area contributed by atoms with Crippen LogP contribution in [0.3, 0.4) is 0 Å². The maximum atomic E-state index is 11.9. The summed E-state index contributed by atoms with van der Waals surface area (Å²) in [7, 11) is 1.80. The molecule has 5 heteroatoms. The second-order valence-corrected chi connectivity index (χ2v) is 8.38. The van der Waals surface area contributed by atoms with E-state index in [0.29, 0.717) is 0 Å². The zero-order valence-corrected chi connectivity index (χ0v) is 17.9. The van der Waals surface area contributed by atoms with E-state index in [-0.39, 0.29) is 11.7 Å². The summed E-state index contributed by atoms with van der Waals surface area (Å²) in [6.45, 7) is 5.01. The molecule has 4 aromatic rings. The Balaban J connectivity index is 1.30. The van der Waals surface area contributed by atoms with Gasteiger partial charge in [-0.2, -0.15) is 0 Å². The maximum Gasteiger partial charge on any atom is 0.326 e. The third-order valence-corrected chi connectivity index (χ3v) is 6.38. The zero-order chi connectivity index (χ0) is 21.2.